The average Bonchev–Trinajstić information content (AvgIpc) is 3.07. The van der Waals surface area contributed by atoms with Crippen LogP contribution in [-0.4, -0.2) is 44.4 Å². The molecule has 2 aromatic heterocycles. The lowest BCUT2D eigenvalue weighted by Gasteiger charge is -1.99. The Morgan fingerprint density at radius 3 is 3.05 bits per heavy atom. The van der Waals surface area contributed by atoms with Crippen LogP contribution in [0.25, 0.3) is 0 Å². The number of hydrogen-bond donors (Lipinski definition) is 3. The largest absolute Gasteiger partial charge is 0.360 e. The predicted molar refractivity (Wildman–Crippen MR) is 71.1 cm³/mol. The first kappa shape index (κ1) is 13.4. The van der Waals surface area contributed by atoms with E-state index < -0.39 is 0 Å². The van der Waals surface area contributed by atoms with Gasteiger partial charge in [0.1, 0.15) is 12.2 Å². The Morgan fingerprint density at radius 2 is 2.32 bits per heavy atom. The molecule has 0 spiro atoms. The summed E-state index contributed by atoms with van der Waals surface area (Å²) >= 11 is 1.25. The number of anilines is 1. The summed E-state index contributed by atoms with van der Waals surface area (Å²) in [5, 5.41) is 21.1. The van der Waals surface area contributed by atoms with E-state index in [1.807, 2.05) is 0 Å². The van der Waals surface area contributed by atoms with Crippen LogP contribution in [0.3, 0.4) is 0 Å². The van der Waals surface area contributed by atoms with Gasteiger partial charge in [-0.2, -0.15) is 5.10 Å². The maximum atomic E-state index is 11.8. The lowest BCUT2D eigenvalue weighted by atomic mass is 10.4. The van der Waals surface area contributed by atoms with Crippen molar-refractivity contribution < 1.29 is 4.79 Å². The Hall–Kier alpha value is -2.03. The van der Waals surface area contributed by atoms with E-state index in [4.69, 9.17) is 0 Å². The van der Waals surface area contributed by atoms with Crippen LogP contribution in [0.15, 0.2) is 6.33 Å². The molecule has 0 fully saturated rings. The fourth-order valence-electron chi connectivity index (χ4n) is 1.34. The summed E-state index contributed by atoms with van der Waals surface area (Å²) in [5.41, 5.74) is 0. The van der Waals surface area contributed by atoms with Crippen LogP contribution in [0, 0.1) is 0 Å². The van der Waals surface area contributed by atoms with Gasteiger partial charge in [0, 0.05) is 19.5 Å². The monoisotopic (exact) mass is 281 g/mol. The van der Waals surface area contributed by atoms with Gasteiger partial charge in [-0.3, -0.25) is 9.89 Å². The Morgan fingerprint density at radius 1 is 1.42 bits per heavy atom. The van der Waals surface area contributed by atoms with E-state index in [0.29, 0.717) is 23.1 Å². The molecule has 0 bridgehead atoms. The minimum Gasteiger partial charge on any atom is -0.360 e. The summed E-state index contributed by atoms with van der Waals surface area (Å²) in [5.74, 6) is 0.518. The predicted octanol–water partition coefficient (Wildman–Crippen LogP) is 0.451. The van der Waals surface area contributed by atoms with E-state index in [-0.39, 0.29) is 5.91 Å². The normalized spacial score (nSPS) is 10.4. The first-order valence-corrected chi connectivity index (χ1v) is 6.81. The first-order chi connectivity index (χ1) is 9.29. The molecule has 0 saturated carbocycles. The van der Waals surface area contributed by atoms with Crippen molar-refractivity contribution in [2.75, 3.05) is 18.4 Å². The first-order valence-electron chi connectivity index (χ1n) is 5.99. The summed E-state index contributed by atoms with van der Waals surface area (Å²) in [6.45, 7) is 3.36. The van der Waals surface area contributed by atoms with Gasteiger partial charge in [-0.25, -0.2) is 4.98 Å². The Labute approximate surface area is 114 Å². The molecule has 8 nitrogen and oxygen atoms in total. The lowest BCUT2D eigenvalue weighted by Crippen LogP contribution is -2.25. The number of rotatable bonds is 7. The number of nitrogens with zero attached hydrogens (tertiary/aromatic N) is 4. The van der Waals surface area contributed by atoms with Gasteiger partial charge in [0.05, 0.1) is 0 Å². The van der Waals surface area contributed by atoms with Crippen LogP contribution >= 0.6 is 11.3 Å². The van der Waals surface area contributed by atoms with Crippen LogP contribution in [0.1, 0.15) is 29.0 Å². The molecule has 9 heteroatoms. The SMILES string of the molecule is CCCNc1nnc(C(=O)NCCc2ncn[nH]2)s1. The van der Waals surface area contributed by atoms with Crippen molar-refractivity contribution >= 4 is 22.4 Å². The molecule has 2 heterocycles. The number of hydrogen-bond acceptors (Lipinski definition) is 7. The second kappa shape index (κ2) is 6.78. The van der Waals surface area contributed by atoms with Crippen LogP contribution in [-0.2, 0) is 6.42 Å². The second-order valence-electron chi connectivity index (χ2n) is 3.78. The molecular weight excluding hydrogens is 266 g/mol. The maximum Gasteiger partial charge on any atom is 0.282 e. The van der Waals surface area contributed by atoms with E-state index in [1.54, 1.807) is 0 Å². The van der Waals surface area contributed by atoms with E-state index in [1.165, 1.54) is 17.7 Å². The molecule has 2 aromatic rings. The molecule has 0 atom stereocenters. The third kappa shape index (κ3) is 3.98. The molecule has 0 aromatic carbocycles. The summed E-state index contributed by atoms with van der Waals surface area (Å²) < 4.78 is 0. The zero-order chi connectivity index (χ0) is 13.5. The van der Waals surface area contributed by atoms with Crippen molar-refractivity contribution in [1.82, 2.24) is 30.7 Å². The van der Waals surface area contributed by atoms with Crippen LogP contribution in [0.2, 0.25) is 0 Å². The average molecular weight is 281 g/mol. The smallest absolute Gasteiger partial charge is 0.282 e. The number of H-pyrrole nitrogens is 1. The molecule has 0 saturated heterocycles. The number of amides is 1. The Balaban J connectivity index is 1.77. The quantitative estimate of drug-likeness (QED) is 0.680. The van der Waals surface area contributed by atoms with E-state index in [0.717, 1.165) is 18.8 Å². The zero-order valence-corrected chi connectivity index (χ0v) is 11.3. The highest BCUT2D eigenvalue weighted by Gasteiger charge is 2.12. The van der Waals surface area contributed by atoms with Crippen molar-refractivity contribution in [1.29, 1.82) is 0 Å². The fourth-order valence-corrected chi connectivity index (χ4v) is 2.03. The third-order valence-electron chi connectivity index (χ3n) is 2.26. The van der Waals surface area contributed by atoms with Gasteiger partial charge in [0.25, 0.3) is 5.91 Å². The molecule has 0 aliphatic rings. The molecule has 19 heavy (non-hydrogen) atoms. The van der Waals surface area contributed by atoms with E-state index in [9.17, 15) is 4.79 Å². The second-order valence-corrected chi connectivity index (χ2v) is 4.75. The third-order valence-corrected chi connectivity index (χ3v) is 3.14. The molecule has 3 N–H and O–H groups in total. The minimum absolute atomic E-state index is 0.221. The van der Waals surface area contributed by atoms with Gasteiger partial charge in [-0.15, -0.1) is 10.2 Å². The zero-order valence-electron chi connectivity index (χ0n) is 10.5. The summed E-state index contributed by atoms with van der Waals surface area (Å²) in [4.78, 5) is 15.8. The number of aromatic nitrogens is 5. The molecule has 102 valence electrons. The van der Waals surface area contributed by atoms with Gasteiger partial charge in [0.2, 0.25) is 10.1 Å². The van der Waals surface area contributed by atoms with Gasteiger partial charge in [-0.1, -0.05) is 18.3 Å². The van der Waals surface area contributed by atoms with Gasteiger partial charge in [0.15, 0.2) is 0 Å². The van der Waals surface area contributed by atoms with Crippen LogP contribution < -0.4 is 10.6 Å². The lowest BCUT2D eigenvalue weighted by molar-refractivity contribution is 0.0953. The van der Waals surface area contributed by atoms with Crippen LogP contribution in [0.5, 0.6) is 0 Å². The van der Waals surface area contributed by atoms with Crippen molar-refractivity contribution in [3.8, 4) is 0 Å². The van der Waals surface area contributed by atoms with Gasteiger partial charge < -0.3 is 10.6 Å². The maximum absolute atomic E-state index is 11.8. The highest BCUT2D eigenvalue weighted by molar-refractivity contribution is 7.17. The van der Waals surface area contributed by atoms with Gasteiger partial charge in [-0.05, 0) is 6.42 Å². The molecule has 0 unspecified atom stereocenters. The van der Waals surface area contributed by atoms with Crippen molar-refractivity contribution in [3.63, 3.8) is 0 Å². The standard InChI is InChI=1S/C10H15N7OS/c1-2-4-12-10-17-16-9(19-10)8(18)11-5-3-7-13-6-14-15-7/h6H,2-5H2,1H3,(H,11,18)(H,12,17)(H,13,14,15). The molecule has 0 radical (unpaired) electrons. The van der Waals surface area contributed by atoms with Crippen molar-refractivity contribution in [3.05, 3.63) is 17.2 Å². The number of carbonyl (C=O) groups is 1. The molecule has 0 aliphatic carbocycles. The number of carbonyl (C=O) groups excluding carboxylic acids is 1. The molecule has 1 amide bonds. The summed E-state index contributed by atoms with van der Waals surface area (Å²) in [6, 6.07) is 0. The summed E-state index contributed by atoms with van der Waals surface area (Å²) in [7, 11) is 0. The van der Waals surface area contributed by atoms with E-state index >= 15 is 0 Å². The van der Waals surface area contributed by atoms with Crippen LogP contribution in [0.4, 0.5) is 5.13 Å². The van der Waals surface area contributed by atoms with E-state index in [2.05, 4.69) is 42.9 Å². The fraction of sp³-hybridized carbons (Fsp3) is 0.500. The highest BCUT2D eigenvalue weighted by Crippen LogP contribution is 2.14. The Bertz CT molecular complexity index is 510. The topological polar surface area (TPSA) is 108 Å². The number of nitrogens with one attached hydrogen (secondary N) is 3. The Kier molecular flexibility index (Phi) is 4.78. The van der Waals surface area contributed by atoms with Gasteiger partial charge >= 0.3 is 0 Å². The minimum atomic E-state index is -0.221. The molecule has 2 rings (SSSR count). The summed E-state index contributed by atoms with van der Waals surface area (Å²) in [6.07, 6.45) is 3.04. The molecule has 0 aliphatic heterocycles. The molecular formula is C10H15N7OS. The highest BCUT2D eigenvalue weighted by atomic mass is 32.1. The van der Waals surface area contributed by atoms with Crippen molar-refractivity contribution in [2.24, 2.45) is 0 Å². The number of aromatic amines is 1. The van der Waals surface area contributed by atoms with Crippen molar-refractivity contribution in [2.45, 2.75) is 19.8 Å².